The van der Waals surface area contributed by atoms with Crippen LogP contribution in [0.2, 0.25) is 0 Å². The minimum Gasteiger partial charge on any atom is -0.619 e. The van der Waals surface area contributed by atoms with Gasteiger partial charge in [-0.2, -0.15) is 0 Å². The quantitative estimate of drug-likeness (QED) is 0.185. The fourth-order valence-corrected chi connectivity index (χ4v) is 1.04. The molecular weight excluding hydrogens is 267 g/mol. The monoisotopic (exact) mass is 282 g/mol. The van der Waals surface area contributed by atoms with Gasteiger partial charge >= 0.3 is 29.6 Å². The summed E-state index contributed by atoms with van der Waals surface area (Å²) in [7, 11) is -3.62. The first-order chi connectivity index (χ1) is 6.29. The predicted octanol–water partition coefficient (Wildman–Crippen LogP) is -2.82. The van der Waals surface area contributed by atoms with Gasteiger partial charge in [-0.15, -0.1) is 0 Å². The summed E-state index contributed by atoms with van der Waals surface area (Å²) in [5.74, 6) is 0. The minimum absolute atomic E-state index is 0. The van der Waals surface area contributed by atoms with E-state index in [1.807, 2.05) is 6.92 Å². The third kappa shape index (κ3) is 39.7. The van der Waals surface area contributed by atoms with Crippen molar-refractivity contribution in [3.05, 3.63) is 0 Å². The van der Waals surface area contributed by atoms with Crippen LogP contribution in [-0.2, 0) is 25.0 Å². The molecule has 0 saturated heterocycles. The van der Waals surface area contributed by atoms with E-state index in [-0.39, 0.29) is 41.3 Å². The molecular formula is C6H15N2NaO3S3. The van der Waals surface area contributed by atoms with Gasteiger partial charge in [0.05, 0.1) is 6.61 Å². The summed E-state index contributed by atoms with van der Waals surface area (Å²) in [4.78, 5) is 0. The molecule has 5 nitrogen and oxygen atoms in total. The number of rotatable bonds is 5. The number of hydrogen-bond donors (Lipinski definition) is 2. The molecule has 0 bridgehead atoms. The van der Waals surface area contributed by atoms with Crippen molar-refractivity contribution in [2.45, 2.75) is 26.2 Å². The molecule has 0 aliphatic carbocycles. The largest absolute Gasteiger partial charge is 1.00 e. The van der Waals surface area contributed by atoms with Crippen molar-refractivity contribution in [1.82, 2.24) is 0 Å². The first-order valence-corrected chi connectivity index (χ1v) is 6.69. The maximum absolute atomic E-state index is 10.2. The molecule has 0 unspecified atom stereocenters. The molecule has 0 amide bonds. The van der Waals surface area contributed by atoms with Crippen molar-refractivity contribution >= 4 is 38.1 Å². The second-order valence-corrected chi connectivity index (χ2v) is 5.09. The van der Waals surface area contributed by atoms with Crippen LogP contribution in [0.4, 0.5) is 0 Å². The second-order valence-electron chi connectivity index (χ2n) is 2.34. The Morgan fingerprint density at radius 2 is 1.80 bits per heavy atom. The van der Waals surface area contributed by atoms with Crippen LogP contribution in [0, 0.1) is 0 Å². The Balaban J connectivity index is -0.000000249. The van der Waals surface area contributed by atoms with Gasteiger partial charge in [-0.25, -0.2) is 8.42 Å². The number of nitrogens with two attached hydrogens (primary N) is 2. The fraction of sp³-hybridized carbons (Fsp3) is 0.833. The van der Waals surface area contributed by atoms with Gasteiger partial charge in [0.1, 0.15) is 9.15 Å². The summed E-state index contributed by atoms with van der Waals surface area (Å²) < 4.78 is 24.7. The Morgan fingerprint density at radius 3 is 2.07 bits per heavy atom. The molecule has 15 heavy (non-hydrogen) atoms. The SMILES string of the molecule is CCCCCOS(=O)(=O)[S-].NC(N)=S.[Na+]. The van der Waals surface area contributed by atoms with Crippen molar-refractivity contribution in [1.29, 1.82) is 0 Å². The Hall–Kier alpha value is 0.950. The molecule has 0 aliphatic heterocycles. The summed E-state index contributed by atoms with van der Waals surface area (Å²) >= 11 is 8.08. The molecule has 0 heterocycles. The van der Waals surface area contributed by atoms with Crippen LogP contribution in [0.3, 0.4) is 0 Å². The summed E-state index contributed by atoms with van der Waals surface area (Å²) in [5.41, 5.74) is 9.24. The smallest absolute Gasteiger partial charge is 0.619 e. The van der Waals surface area contributed by atoms with Crippen molar-refractivity contribution in [2.24, 2.45) is 11.5 Å². The molecule has 0 aromatic rings. The zero-order valence-corrected chi connectivity index (χ0v) is 13.4. The molecule has 4 N–H and O–H groups in total. The zero-order valence-electron chi connectivity index (χ0n) is 8.93. The van der Waals surface area contributed by atoms with Crippen LogP contribution in [0.5, 0.6) is 0 Å². The molecule has 0 fully saturated rings. The van der Waals surface area contributed by atoms with Gasteiger partial charge in [0.2, 0.25) is 0 Å². The predicted molar refractivity (Wildman–Crippen MR) is 62.7 cm³/mol. The molecule has 0 radical (unpaired) electrons. The zero-order chi connectivity index (χ0) is 11.6. The average molecular weight is 282 g/mol. The van der Waals surface area contributed by atoms with E-state index >= 15 is 0 Å². The van der Waals surface area contributed by atoms with E-state index in [1.54, 1.807) is 0 Å². The summed E-state index contributed by atoms with van der Waals surface area (Å²) in [6, 6.07) is 0. The van der Waals surface area contributed by atoms with Gasteiger partial charge in [0.15, 0.2) is 5.11 Å². The molecule has 0 spiro atoms. The number of thiocarbonyl (C=S) groups is 1. The molecule has 86 valence electrons. The van der Waals surface area contributed by atoms with Gasteiger partial charge in [-0.05, 0) is 18.6 Å². The van der Waals surface area contributed by atoms with E-state index in [9.17, 15) is 8.42 Å². The Labute approximate surface area is 124 Å². The molecule has 9 heteroatoms. The third-order valence-corrected chi connectivity index (χ3v) is 1.72. The fourth-order valence-electron chi connectivity index (χ4n) is 0.513. The van der Waals surface area contributed by atoms with E-state index in [2.05, 4.69) is 39.5 Å². The van der Waals surface area contributed by atoms with E-state index in [0.717, 1.165) is 19.3 Å². The van der Waals surface area contributed by atoms with Gasteiger partial charge in [0.25, 0.3) is 0 Å². The summed E-state index contributed by atoms with van der Waals surface area (Å²) in [6.45, 7) is 2.25. The van der Waals surface area contributed by atoms with Crippen molar-refractivity contribution in [2.75, 3.05) is 6.61 Å². The molecule has 0 saturated carbocycles. The first-order valence-electron chi connectivity index (χ1n) is 3.94. The molecule has 0 atom stereocenters. The van der Waals surface area contributed by atoms with Gasteiger partial charge < -0.3 is 23.1 Å². The Morgan fingerprint density at radius 1 is 1.40 bits per heavy atom. The van der Waals surface area contributed by atoms with Gasteiger partial charge in [-0.1, -0.05) is 19.8 Å². The van der Waals surface area contributed by atoms with Gasteiger partial charge in [-0.3, -0.25) is 4.18 Å². The molecule has 0 aromatic heterocycles. The second kappa shape index (κ2) is 13.0. The average Bonchev–Trinajstić information content (AvgIpc) is 1.95. The van der Waals surface area contributed by atoms with Crippen molar-refractivity contribution < 1.29 is 42.2 Å². The molecule has 0 rings (SSSR count). The van der Waals surface area contributed by atoms with Crippen LogP contribution in [0.25, 0.3) is 0 Å². The Kier molecular flexibility index (Phi) is 18.4. The van der Waals surface area contributed by atoms with Crippen LogP contribution >= 0.6 is 12.2 Å². The Bertz CT molecular complexity index is 242. The van der Waals surface area contributed by atoms with Crippen LogP contribution in [-0.4, -0.2) is 20.1 Å². The van der Waals surface area contributed by atoms with Gasteiger partial charge in [0, 0.05) is 0 Å². The number of hydrogen-bond acceptors (Lipinski definition) is 5. The normalized spacial score (nSPS) is 9.47. The third-order valence-electron chi connectivity index (χ3n) is 0.976. The maximum Gasteiger partial charge on any atom is 1.00 e. The van der Waals surface area contributed by atoms with E-state index in [1.165, 1.54) is 0 Å². The standard InChI is InChI=1S/C5H12O3S2.CH4N2S.Na/c1-2-3-4-5-8-10(6,7)9;2-1(3)4;/h2-5H2,1H3,(H,6,7,9);(H4,2,3,4);/q;;+1/p-1. The van der Waals surface area contributed by atoms with E-state index in [4.69, 9.17) is 0 Å². The van der Waals surface area contributed by atoms with Crippen LogP contribution in [0.15, 0.2) is 0 Å². The van der Waals surface area contributed by atoms with Crippen LogP contribution in [0.1, 0.15) is 26.2 Å². The van der Waals surface area contributed by atoms with Crippen LogP contribution < -0.4 is 41.0 Å². The first kappa shape index (κ1) is 21.3. The van der Waals surface area contributed by atoms with Crippen molar-refractivity contribution in [3.63, 3.8) is 0 Å². The van der Waals surface area contributed by atoms with E-state index < -0.39 is 9.15 Å². The maximum atomic E-state index is 10.2. The van der Waals surface area contributed by atoms with Crippen molar-refractivity contribution in [3.8, 4) is 0 Å². The van der Waals surface area contributed by atoms with E-state index in [0.29, 0.717) is 0 Å². The molecule has 0 aliphatic rings. The topological polar surface area (TPSA) is 95.4 Å². The summed E-state index contributed by atoms with van der Waals surface area (Å²) in [6.07, 6.45) is 2.78. The summed E-state index contributed by atoms with van der Waals surface area (Å²) in [5, 5.41) is 0.000000000000000222. The molecule has 0 aromatic carbocycles. The minimum atomic E-state index is -3.62. The number of unbranched alkanes of at least 4 members (excludes halogenated alkanes) is 2.